The first-order valence-electron chi connectivity index (χ1n) is 12.6. The molecule has 5 rings (SSSR count). The SMILES string of the molecule is CC(C)(C)OC(=O)N1CCN(C(C)(C)C(=NC2C3CC4CC2CC(C(N)=O)(C4)C3)NC#N)CC1. The molecule has 0 aromatic rings. The van der Waals surface area contributed by atoms with Crippen LogP contribution in [0, 0.1) is 34.6 Å². The molecule has 9 heteroatoms. The van der Waals surface area contributed by atoms with Gasteiger partial charge in [0.25, 0.3) is 0 Å². The summed E-state index contributed by atoms with van der Waals surface area (Å²) >= 11 is 0. The lowest BCUT2D eigenvalue weighted by Gasteiger charge is -2.58. The largest absolute Gasteiger partial charge is 0.444 e. The van der Waals surface area contributed by atoms with Crippen molar-refractivity contribution in [3.8, 4) is 6.19 Å². The summed E-state index contributed by atoms with van der Waals surface area (Å²) in [6, 6.07) is 0.113. The van der Waals surface area contributed by atoms with Crippen LogP contribution >= 0.6 is 0 Å². The van der Waals surface area contributed by atoms with E-state index in [1.54, 1.807) is 4.90 Å². The second kappa shape index (κ2) is 8.71. The van der Waals surface area contributed by atoms with Gasteiger partial charge in [0, 0.05) is 31.6 Å². The number of amidine groups is 1. The summed E-state index contributed by atoms with van der Waals surface area (Å²) in [6.07, 6.45) is 6.56. The van der Waals surface area contributed by atoms with Gasteiger partial charge in [0.05, 0.1) is 11.6 Å². The monoisotopic (exact) mass is 472 g/mol. The highest BCUT2D eigenvalue weighted by atomic mass is 16.6. The van der Waals surface area contributed by atoms with Gasteiger partial charge in [-0.05, 0) is 84.5 Å². The molecule has 5 aliphatic rings. The Morgan fingerprint density at radius 2 is 1.65 bits per heavy atom. The molecular formula is C25H40N6O3. The van der Waals surface area contributed by atoms with Crippen LogP contribution in [0.15, 0.2) is 4.99 Å². The molecule has 2 amide bonds. The average molecular weight is 473 g/mol. The van der Waals surface area contributed by atoms with Gasteiger partial charge in [-0.2, -0.15) is 5.26 Å². The van der Waals surface area contributed by atoms with E-state index >= 15 is 0 Å². The lowest BCUT2D eigenvalue weighted by molar-refractivity contribution is -0.144. The molecule has 3 N–H and O–H groups in total. The third kappa shape index (κ3) is 4.61. The van der Waals surface area contributed by atoms with Crippen LogP contribution < -0.4 is 11.1 Å². The molecule has 0 radical (unpaired) electrons. The number of primary amides is 1. The van der Waals surface area contributed by atoms with Crippen molar-refractivity contribution >= 4 is 17.8 Å². The molecule has 0 spiro atoms. The fraction of sp³-hybridized carbons (Fsp3) is 0.840. The van der Waals surface area contributed by atoms with Crippen LogP contribution in [0.2, 0.25) is 0 Å². The Hall–Kier alpha value is -2.34. The number of hydrogen-bond donors (Lipinski definition) is 2. The Morgan fingerprint density at radius 3 is 2.15 bits per heavy atom. The first kappa shape index (κ1) is 24.8. The minimum atomic E-state index is -0.518. The van der Waals surface area contributed by atoms with Crippen LogP contribution in [0.4, 0.5) is 4.79 Å². The smallest absolute Gasteiger partial charge is 0.410 e. The number of carbonyl (C=O) groups is 2. The predicted octanol–water partition coefficient (Wildman–Crippen LogP) is 2.47. The van der Waals surface area contributed by atoms with Gasteiger partial charge in [-0.3, -0.25) is 20.0 Å². The topological polar surface area (TPSA) is 124 Å². The van der Waals surface area contributed by atoms with E-state index in [4.69, 9.17) is 15.5 Å². The summed E-state index contributed by atoms with van der Waals surface area (Å²) in [4.78, 5) is 34.0. The van der Waals surface area contributed by atoms with Crippen LogP contribution in [0.5, 0.6) is 0 Å². The van der Waals surface area contributed by atoms with Gasteiger partial charge in [0.1, 0.15) is 11.4 Å². The van der Waals surface area contributed by atoms with Crippen LogP contribution in [-0.2, 0) is 9.53 Å². The highest BCUT2D eigenvalue weighted by molar-refractivity contribution is 5.92. The summed E-state index contributed by atoms with van der Waals surface area (Å²) < 4.78 is 5.52. The lowest BCUT2D eigenvalue weighted by Crippen LogP contribution is -2.62. The van der Waals surface area contributed by atoms with Crippen molar-refractivity contribution in [2.75, 3.05) is 26.2 Å². The quantitative estimate of drug-likeness (QED) is 0.280. The number of nitrogens with two attached hydrogens (primary N) is 1. The van der Waals surface area contributed by atoms with E-state index in [0.29, 0.717) is 49.8 Å². The maximum absolute atomic E-state index is 12.5. The molecule has 0 aromatic heterocycles. The summed E-state index contributed by atoms with van der Waals surface area (Å²) in [5.41, 5.74) is 4.48. The van der Waals surface area contributed by atoms with Gasteiger partial charge in [0.15, 0.2) is 6.19 Å². The Labute approximate surface area is 203 Å². The number of nitrogens with one attached hydrogen (secondary N) is 1. The first-order valence-corrected chi connectivity index (χ1v) is 12.6. The minimum absolute atomic E-state index is 0.113. The van der Waals surface area contributed by atoms with Gasteiger partial charge >= 0.3 is 6.09 Å². The second-order valence-corrected chi connectivity index (χ2v) is 12.3. The maximum atomic E-state index is 12.5. The number of aliphatic imine (C=N–C) groups is 1. The van der Waals surface area contributed by atoms with E-state index in [1.807, 2.05) is 20.8 Å². The number of carbonyl (C=O) groups excluding carboxylic acids is 2. The van der Waals surface area contributed by atoms with Crippen LogP contribution in [0.25, 0.3) is 0 Å². The van der Waals surface area contributed by atoms with Gasteiger partial charge in [-0.15, -0.1) is 0 Å². The van der Waals surface area contributed by atoms with E-state index in [2.05, 4.69) is 30.3 Å². The Morgan fingerprint density at radius 1 is 1.06 bits per heavy atom. The Balaban J connectivity index is 1.48. The molecule has 34 heavy (non-hydrogen) atoms. The third-order valence-electron chi connectivity index (χ3n) is 8.50. The van der Waals surface area contributed by atoms with Crippen molar-refractivity contribution < 1.29 is 14.3 Å². The van der Waals surface area contributed by atoms with Crippen molar-refractivity contribution in [1.82, 2.24) is 15.1 Å². The predicted molar refractivity (Wildman–Crippen MR) is 129 cm³/mol. The number of rotatable bonds is 4. The highest BCUT2D eigenvalue weighted by Gasteiger charge is 2.58. The molecule has 5 fully saturated rings. The summed E-state index contributed by atoms with van der Waals surface area (Å²) in [7, 11) is 0. The van der Waals surface area contributed by atoms with Gasteiger partial charge < -0.3 is 15.4 Å². The van der Waals surface area contributed by atoms with Crippen molar-refractivity contribution in [3.05, 3.63) is 0 Å². The second-order valence-electron chi connectivity index (χ2n) is 12.3. The van der Waals surface area contributed by atoms with Gasteiger partial charge in [0.2, 0.25) is 5.91 Å². The number of amides is 2. The van der Waals surface area contributed by atoms with Crippen molar-refractivity contribution in [2.45, 2.75) is 83.9 Å². The van der Waals surface area contributed by atoms with Gasteiger partial charge in [-0.25, -0.2) is 4.79 Å². The van der Waals surface area contributed by atoms with Crippen molar-refractivity contribution in [2.24, 2.45) is 33.9 Å². The zero-order valence-corrected chi connectivity index (χ0v) is 21.3. The highest BCUT2D eigenvalue weighted by Crippen LogP contribution is 2.60. The van der Waals surface area contributed by atoms with Crippen LogP contribution in [0.3, 0.4) is 0 Å². The zero-order chi connectivity index (χ0) is 24.9. The van der Waals surface area contributed by atoms with Crippen molar-refractivity contribution in [1.29, 1.82) is 5.26 Å². The van der Waals surface area contributed by atoms with E-state index in [9.17, 15) is 14.9 Å². The molecule has 1 heterocycles. The average Bonchev–Trinajstić information content (AvgIpc) is 2.73. The molecule has 2 atom stereocenters. The minimum Gasteiger partial charge on any atom is -0.444 e. The number of nitrogens with zero attached hydrogens (tertiary/aromatic N) is 4. The zero-order valence-electron chi connectivity index (χ0n) is 21.3. The van der Waals surface area contributed by atoms with Crippen molar-refractivity contribution in [3.63, 3.8) is 0 Å². The summed E-state index contributed by atoms with van der Waals surface area (Å²) in [5, 5.41) is 12.4. The number of nitriles is 1. The third-order valence-corrected chi connectivity index (χ3v) is 8.50. The molecule has 1 aliphatic heterocycles. The standard InChI is InChI=1S/C25H40N6O3/c1-23(2,3)34-22(33)30-6-8-31(9-7-30)24(4,5)21(28-15-26)29-19-17-10-16-11-18(19)14-25(12-16,13-17)20(27)32/h16-19H,6-14H2,1-5H3,(H2,27,32)(H,28,29). The number of hydrogen-bond acceptors (Lipinski definition) is 6. The fourth-order valence-corrected chi connectivity index (χ4v) is 6.98. The maximum Gasteiger partial charge on any atom is 0.410 e. The molecule has 2 unspecified atom stereocenters. The molecule has 9 nitrogen and oxygen atoms in total. The molecule has 1 saturated heterocycles. The van der Waals surface area contributed by atoms with E-state index in [0.717, 1.165) is 32.1 Å². The normalized spacial score (nSPS) is 34.0. The molecular weight excluding hydrogens is 432 g/mol. The Kier molecular flexibility index (Phi) is 6.34. The summed E-state index contributed by atoms with van der Waals surface area (Å²) in [5.74, 6) is 1.78. The van der Waals surface area contributed by atoms with Crippen LogP contribution in [0.1, 0.15) is 66.7 Å². The molecule has 188 valence electrons. The lowest BCUT2D eigenvalue weighted by atomic mass is 9.48. The van der Waals surface area contributed by atoms with E-state index in [-0.39, 0.29) is 23.5 Å². The summed E-state index contributed by atoms with van der Waals surface area (Å²) in [6.45, 7) is 12.2. The molecule has 4 bridgehead atoms. The molecule has 4 saturated carbocycles. The molecule has 4 aliphatic carbocycles. The number of piperazine rings is 1. The number of ether oxygens (including phenoxy) is 1. The van der Waals surface area contributed by atoms with Crippen LogP contribution in [-0.4, -0.2) is 71.0 Å². The fourth-order valence-electron chi connectivity index (χ4n) is 6.98. The first-order chi connectivity index (χ1) is 15.8. The van der Waals surface area contributed by atoms with Gasteiger partial charge in [-0.1, -0.05) is 0 Å². The molecule has 0 aromatic carbocycles. The van der Waals surface area contributed by atoms with E-state index in [1.165, 1.54) is 0 Å². The van der Waals surface area contributed by atoms with E-state index < -0.39 is 11.1 Å². The Bertz CT molecular complexity index is 877.